The number of halogens is 4. The number of hydrogen-bond donors (Lipinski definition) is 2. The first-order chi connectivity index (χ1) is 12.1. The fourth-order valence-electron chi connectivity index (χ4n) is 2.34. The van der Waals surface area contributed by atoms with E-state index < -0.39 is 29.7 Å². The van der Waals surface area contributed by atoms with Gasteiger partial charge in [-0.1, -0.05) is 30.3 Å². The quantitative estimate of drug-likeness (QED) is 0.625. The molecule has 2 aromatic rings. The molecule has 0 fully saturated rings. The zero-order chi connectivity index (χ0) is 19.3. The van der Waals surface area contributed by atoms with Gasteiger partial charge in [0.2, 0.25) is 5.91 Å². The van der Waals surface area contributed by atoms with Crippen LogP contribution in [0.3, 0.4) is 0 Å². The average Bonchev–Trinajstić information content (AvgIpc) is 2.55. The van der Waals surface area contributed by atoms with Gasteiger partial charge in [-0.2, -0.15) is 13.2 Å². The van der Waals surface area contributed by atoms with Crippen molar-refractivity contribution in [2.45, 2.75) is 25.1 Å². The van der Waals surface area contributed by atoms with E-state index in [0.29, 0.717) is 0 Å². The van der Waals surface area contributed by atoms with E-state index >= 15 is 0 Å². The van der Waals surface area contributed by atoms with Crippen LogP contribution in [-0.4, -0.2) is 23.0 Å². The van der Waals surface area contributed by atoms with E-state index in [-0.39, 0.29) is 18.4 Å². The van der Waals surface area contributed by atoms with Gasteiger partial charge in [0.1, 0.15) is 6.04 Å². The molecule has 2 aromatic carbocycles. The lowest BCUT2D eigenvalue weighted by Gasteiger charge is -2.15. The smallest absolute Gasteiger partial charge is 0.416 e. The van der Waals surface area contributed by atoms with E-state index in [2.05, 4.69) is 27.9 Å². The number of carboxylic acid groups (broad SMARTS) is 1. The fourth-order valence-corrected chi connectivity index (χ4v) is 2.70. The summed E-state index contributed by atoms with van der Waals surface area (Å²) in [5.74, 6) is -1.86. The first-order valence-electron chi connectivity index (χ1n) is 7.58. The summed E-state index contributed by atoms with van der Waals surface area (Å²) in [6.07, 6.45) is -4.75. The van der Waals surface area contributed by atoms with Gasteiger partial charge in [0.15, 0.2) is 0 Å². The van der Waals surface area contributed by atoms with Crippen LogP contribution in [0.2, 0.25) is 0 Å². The minimum atomic E-state index is -4.50. The normalized spacial score (nSPS) is 12.5. The summed E-state index contributed by atoms with van der Waals surface area (Å²) in [4.78, 5) is 23.5. The first kappa shape index (κ1) is 20.2. The molecular weight excluding hydrogens is 462 g/mol. The van der Waals surface area contributed by atoms with Crippen LogP contribution in [0.15, 0.2) is 48.5 Å². The standard InChI is InChI=1S/C18H15F3INO3/c19-18(20,21)13-3-1-2-12(8-13)10-16(24)23-15(17(25)26)9-11-4-6-14(22)7-5-11/h1-8,15H,9-10H2,(H,23,24)(H,25,26)/t15-/m0/s1. The van der Waals surface area contributed by atoms with Crippen LogP contribution >= 0.6 is 22.6 Å². The van der Waals surface area contributed by atoms with E-state index in [1.165, 1.54) is 12.1 Å². The third kappa shape index (κ3) is 6.01. The summed E-state index contributed by atoms with van der Waals surface area (Å²) >= 11 is 2.12. The molecule has 0 aliphatic heterocycles. The molecule has 0 heterocycles. The Labute approximate surface area is 161 Å². The molecule has 138 valence electrons. The van der Waals surface area contributed by atoms with Crippen LogP contribution < -0.4 is 5.32 Å². The molecule has 1 amide bonds. The van der Waals surface area contributed by atoms with Gasteiger partial charge in [0, 0.05) is 9.99 Å². The van der Waals surface area contributed by atoms with Gasteiger partial charge in [-0.05, 0) is 51.9 Å². The monoisotopic (exact) mass is 477 g/mol. The first-order valence-corrected chi connectivity index (χ1v) is 8.66. The number of carbonyl (C=O) groups excluding carboxylic acids is 1. The second-order valence-electron chi connectivity index (χ2n) is 5.66. The lowest BCUT2D eigenvalue weighted by Crippen LogP contribution is -2.43. The molecule has 4 nitrogen and oxygen atoms in total. The van der Waals surface area contributed by atoms with Gasteiger partial charge >= 0.3 is 12.1 Å². The van der Waals surface area contributed by atoms with E-state index in [1.54, 1.807) is 12.1 Å². The third-order valence-corrected chi connectivity index (χ3v) is 4.32. The van der Waals surface area contributed by atoms with Crippen LogP contribution in [0.25, 0.3) is 0 Å². The van der Waals surface area contributed by atoms with Crippen LogP contribution in [0, 0.1) is 3.57 Å². The van der Waals surface area contributed by atoms with Gasteiger partial charge in [-0.25, -0.2) is 4.79 Å². The number of aliphatic carboxylic acids is 1. The minimum absolute atomic E-state index is 0.0839. The summed E-state index contributed by atoms with van der Waals surface area (Å²) in [7, 11) is 0. The predicted molar refractivity (Wildman–Crippen MR) is 97.6 cm³/mol. The fraction of sp³-hybridized carbons (Fsp3) is 0.222. The molecule has 2 rings (SSSR count). The highest BCUT2D eigenvalue weighted by Crippen LogP contribution is 2.29. The third-order valence-electron chi connectivity index (χ3n) is 3.61. The molecule has 0 unspecified atom stereocenters. The summed E-state index contributed by atoms with van der Waals surface area (Å²) < 4.78 is 39.1. The number of amides is 1. The van der Waals surface area contributed by atoms with E-state index in [4.69, 9.17) is 0 Å². The largest absolute Gasteiger partial charge is 0.480 e. The topological polar surface area (TPSA) is 66.4 Å². The SMILES string of the molecule is O=C(Cc1cccc(C(F)(F)F)c1)N[C@@H](Cc1ccc(I)cc1)C(=O)O. The van der Waals surface area contributed by atoms with Crippen molar-refractivity contribution in [1.29, 1.82) is 0 Å². The van der Waals surface area contributed by atoms with Crippen molar-refractivity contribution < 1.29 is 27.9 Å². The Morgan fingerprint density at radius 3 is 2.31 bits per heavy atom. The molecule has 2 N–H and O–H groups in total. The summed E-state index contributed by atoms with van der Waals surface area (Å²) in [5, 5.41) is 11.7. The number of nitrogens with one attached hydrogen (secondary N) is 1. The van der Waals surface area contributed by atoms with Crippen molar-refractivity contribution in [3.63, 3.8) is 0 Å². The molecule has 0 saturated heterocycles. The van der Waals surface area contributed by atoms with Crippen molar-refractivity contribution in [1.82, 2.24) is 5.32 Å². The molecule has 8 heteroatoms. The highest BCUT2D eigenvalue weighted by atomic mass is 127. The molecule has 0 aromatic heterocycles. The lowest BCUT2D eigenvalue weighted by molar-refractivity contribution is -0.141. The Bertz CT molecular complexity index is 791. The predicted octanol–water partition coefficient (Wildman–Crippen LogP) is 3.66. The van der Waals surface area contributed by atoms with E-state index in [0.717, 1.165) is 21.3 Å². The number of benzene rings is 2. The highest BCUT2D eigenvalue weighted by Gasteiger charge is 2.30. The maximum Gasteiger partial charge on any atom is 0.416 e. The van der Waals surface area contributed by atoms with Crippen LogP contribution in [0.4, 0.5) is 13.2 Å². The molecular formula is C18H15F3INO3. The van der Waals surface area contributed by atoms with Crippen LogP contribution in [0.5, 0.6) is 0 Å². The lowest BCUT2D eigenvalue weighted by atomic mass is 10.0. The van der Waals surface area contributed by atoms with E-state index in [9.17, 15) is 27.9 Å². The minimum Gasteiger partial charge on any atom is -0.480 e. The van der Waals surface area contributed by atoms with Gasteiger partial charge in [-0.3, -0.25) is 4.79 Å². The van der Waals surface area contributed by atoms with Gasteiger partial charge in [0.05, 0.1) is 12.0 Å². The van der Waals surface area contributed by atoms with Crippen molar-refractivity contribution >= 4 is 34.5 Å². The highest BCUT2D eigenvalue weighted by molar-refractivity contribution is 14.1. The number of carboxylic acids is 1. The molecule has 1 atom stereocenters. The van der Waals surface area contributed by atoms with Crippen molar-refractivity contribution in [3.05, 3.63) is 68.8 Å². The second kappa shape index (κ2) is 8.52. The average molecular weight is 477 g/mol. The summed E-state index contributed by atoms with van der Waals surface area (Å²) in [6.45, 7) is 0. The number of carbonyl (C=O) groups is 2. The van der Waals surface area contributed by atoms with Gasteiger partial charge in [-0.15, -0.1) is 0 Å². The van der Waals surface area contributed by atoms with Crippen LogP contribution in [0.1, 0.15) is 16.7 Å². The van der Waals surface area contributed by atoms with Crippen LogP contribution in [-0.2, 0) is 28.6 Å². The van der Waals surface area contributed by atoms with E-state index in [1.807, 2.05) is 12.1 Å². The van der Waals surface area contributed by atoms with Crippen molar-refractivity contribution in [2.24, 2.45) is 0 Å². The zero-order valence-corrected chi connectivity index (χ0v) is 15.5. The number of rotatable bonds is 6. The second-order valence-corrected chi connectivity index (χ2v) is 6.91. The zero-order valence-electron chi connectivity index (χ0n) is 13.4. The molecule has 0 bridgehead atoms. The maximum absolute atomic E-state index is 12.7. The van der Waals surface area contributed by atoms with Gasteiger partial charge in [0.25, 0.3) is 0 Å². The number of hydrogen-bond acceptors (Lipinski definition) is 2. The Hall–Kier alpha value is -2.10. The molecule has 0 aliphatic carbocycles. The Morgan fingerprint density at radius 1 is 1.08 bits per heavy atom. The van der Waals surface area contributed by atoms with Gasteiger partial charge < -0.3 is 10.4 Å². The Morgan fingerprint density at radius 2 is 1.73 bits per heavy atom. The number of alkyl halides is 3. The molecule has 0 aliphatic rings. The molecule has 26 heavy (non-hydrogen) atoms. The summed E-state index contributed by atoms with van der Waals surface area (Å²) in [6, 6.07) is 10.4. The Kier molecular flexibility index (Phi) is 6.63. The molecule has 0 radical (unpaired) electrons. The molecule has 0 spiro atoms. The van der Waals surface area contributed by atoms with Crippen molar-refractivity contribution in [3.8, 4) is 0 Å². The summed E-state index contributed by atoms with van der Waals surface area (Å²) in [5.41, 5.74) is 0.0457. The Balaban J connectivity index is 2.04. The maximum atomic E-state index is 12.7. The van der Waals surface area contributed by atoms with Crippen molar-refractivity contribution in [2.75, 3.05) is 0 Å². The molecule has 0 saturated carbocycles.